The molecule has 2 atom stereocenters. The average Bonchev–Trinajstić information content (AvgIpc) is 2.61. The van der Waals surface area contributed by atoms with Crippen molar-refractivity contribution in [3.63, 3.8) is 0 Å². The van der Waals surface area contributed by atoms with Crippen molar-refractivity contribution in [2.45, 2.75) is 24.0 Å². The molecule has 0 fully saturated rings. The first-order chi connectivity index (χ1) is 7.33. The molecular weight excluding hydrogens is 232 g/mol. The van der Waals surface area contributed by atoms with Gasteiger partial charge in [0, 0.05) is 25.8 Å². The first-order valence-corrected chi connectivity index (χ1v) is 6.23. The number of aliphatic hydroxyl groups is 1. The second-order valence-electron chi connectivity index (χ2n) is 3.61. The molecule has 0 aliphatic heterocycles. The molecule has 1 rings (SSSR count). The molecule has 0 saturated carbocycles. The van der Waals surface area contributed by atoms with E-state index in [1.165, 1.54) is 24.0 Å². The Balaban J connectivity index is 2.67. The third-order valence-electron chi connectivity index (χ3n) is 2.12. The van der Waals surface area contributed by atoms with Gasteiger partial charge in [-0.25, -0.2) is 13.1 Å². The van der Waals surface area contributed by atoms with Crippen LogP contribution in [0.1, 0.15) is 6.92 Å². The Kier molecular flexibility index (Phi) is 4.03. The Labute approximate surface area is 94.3 Å². The number of sulfonamides is 1. The van der Waals surface area contributed by atoms with Gasteiger partial charge in [-0.3, -0.25) is 4.68 Å². The molecule has 16 heavy (non-hydrogen) atoms. The Morgan fingerprint density at radius 3 is 2.75 bits per heavy atom. The van der Waals surface area contributed by atoms with Crippen molar-refractivity contribution in [2.24, 2.45) is 12.8 Å². The van der Waals surface area contributed by atoms with Crippen LogP contribution in [0.3, 0.4) is 0 Å². The summed E-state index contributed by atoms with van der Waals surface area (Å²) in [5.41, 5.74) is 5.51. The molecule has 0 aliphatic rings. The van der Waals surface area contributed by atoms with Crippen LogP contribution in [0.15, 0.2) is 17.3 Å². The molecular formula is C8H16N4O3S. The second-order valence-corrected chi connectivity index (χ2v) is 5.37. The SMILES string of the molecule is CC(O)C(N)CNS(=O)(=O)c1cnn(C)c1. The van der Waals surface area contributed by atoms with E-state index >= 15 is 0 Å². The normalized spacial score (nSPS) is 16.0. The van der Waals surface area contributed by atoms with Crippen LogP contribution in [0.2, 0.25) is 0 Å². The van der Waals surface area contributed by atoms with Gasteiger partial charge in [0.1, 0.15) is 4.90 Å². The Morgan fingerprint density at radius 1 is 1.69 bits per heavy atom. The van der Waals surface area contributed by atoms with Crippen molar-refractivity contribution in [3.05, 3.63) is 12.4 Å². The molecule has 1 heterocycles. The number of nitrogens with zero attached hydrogens (tertiary/aromatic N) is 2. The standard InChI is InChI=1S/C8H16N4O3S/c1-6(13)8(9)4-11-16(14,15)7-3-10-12(2)5-7/h3,5-6,8,11,13H,4,9H2,1-2H3. The zero-order valence-corrected chi connectivity index (χ0v) is 9.98. The van der Waals surface area contributed by atoms with Crippen molar-refractivity contribution < 1.29 is 13.5 Å². The predicted octanol–water partition coefficient (Wildman–Crippen LogP) is -1.59. The van der Waals surface area contributed by atoms with E-state index < -0.39 is 22.2 Å². The number of aryl methyl sites for hydroxylation is 1. The van der Waals surface area contributed by atoms with E-state index in [9.17, 15) is 8.42 Å². The number of hydrogen-bond acceptors (Lipinski definition) is 5. The fourth-order valence-electron chi connectivity index (χ4n) is 0.997. The van der Waals surface area contributed by atoms with Gasteiger partial charge in [-0.15, -0.1) is 0 Å². The minimum Gasteiger partial charge on any atom is -0.392 e. The first kappa shape index (κ1) is 13.1. The third-order valence-corrected chi connectivity index (χ3v) is 3.50. The van der Waals surface area contributed by atoms with Gasteiger partial charge in [-0.1, -0.05) is 0 Å². The summed E-state index contributed by atoms with van der Waals surface area (Å²) in [5, 5.41) is 12.9. The highest BCUT2D eigenvalue weighted by molar-refractivity contribution is 7.89. The number of rotatable bonds is 5. The molecule has 0 amide bonds. The predicted molar refractivity (Wildman–Crippen MR) is 58.1 cm³/mol. The van der Waals surface area contributed by atoms with E-state index in [2.05, 4.69) is 9.82 Å². The van der Waals surface area contributed by atoms with Gasteiger partial charge in [0.25, 0.3) is 0 Å². The topological polar surface area (TPSA) is 110 Å². The Morgan fingerprint density at radius 2 is 2.31 bits per heavy atom. The zero-order valence-electron chi connectivity index (χ0n) is 9.16. The summed E-state index contributed by atoms with van der Waals surface area (Å²) in [6, 6.07) is -0.633. The first-order valence-electron chi connectivity index (χ1n) is 4.75. The molecule has 2 unspecified atom stereocenters. The molecule has 0 spiro atoms. The molecule has 4 N–H and O–H groups in total. The Bertz CT molecular complexity index is 440. The fraction of sp³-hybridized carbons (Fsp3) is 0.625. The van der Waals surface area contributed by atoms with Crippen LogP contribution in [-0.2, 0) is 17.1 Å². The molecule has 8 heteroatoms. The van der Waals surface area contributed by atoms with Crippen LogP contribution in [0.5, 0.6) is 0 Å². The zero-order chi connectivity index (χ0) is 12.3. The number of nitrogens with two attached hydrogens (primary N) is 1. The highest BCUT2D eigenvalue weighted by Gasteiger charge is 2.18. The lowest BCUT2D eigenvalue weighted by atomic mass is 10.2. The van der Waals surface area contributed by atoms with E-state index in [0.717, 1.165) is 0 Å². The lowest BCUT2D eigenvalue weighted by Crippen LogP contribution is -2.43. The Hall–Kier alpha value is -0.960. The van der Waals surface area contributed by atoms with Crippen LogP contribution in [0, 0.1) is 0 Å². The van der Waals surface area contributed by atoms with Crippen molar-refractivity contribution >= 4 is 10.0 Å². The number of nitrogens with one attached hydrogen (secondary N) is 1. The molecule has 0 aliphatic carbocycles. The van der Waals surface area contributed by atoms with Crippen LogP contribution < -0.4 is 10.5 Å². The second kappa shape index (κ2) is 4.91. The summed E-state index contributed by atoms with van der Waals surface area (Å²) in [6.07, 6.45) is 1.86. The van der Waals surface area contributed by atoms with Crippen LogP contribution in [0.4, 0.5) is 0 Å². The highest BCUT2D eigenvalue weighted by atomic mass is 32.2. The van der Waals surface area contributed by atoms with E-state index in [1.807, 2.05) is 0 Å². The van der Waals surface area contributed by atoms with E-state index in [0.29, 0.717) is 0 Å². The molecule has 92 valence electrons. The van der Waals surface area contributed by atoms with Gasteiger partial charge < -0.3 is 10.8 Å². The maximum absolute atomic E-state index is 11.7. The van der Waals surface area contributed by atoms with Crippen molar-refractivity contribution in [1.82, 2.24) is 14.5 Å². The molecule has 1 aromatic rings. The van der Waals surface area contributed by atoms with E-state index in [-0.39, 0.29) is 11.4 Å². The van der Waals surface area contributed by atoms with Gasteiger partial charge in [-0.05, 0) is 6.92 Å². The quantitative estimate of drug-likeness (QED) is 0.581. The van der Waals surface area contributed by atoms with Gasteiger partial charge in [0.15, 0.2) is 0 Å². The summed E-state index contributed by atoms with van der Waals surface area (Å²) in [5.74, 6) is 0. The summed E-state index contributed by atoms with van der Waals surface area (Å²) in [4.78, 5) is 0.0767. The fourth-order valence-corrected chi connectivity index (χ4v) is 2.05. The van der Waals surface area contributed by atoms with E-state index in [4.69, 9.17) is 10.8 Å². The van der Waals surface area contributed by atoms with Crippen LogP contribution in [-0.4, -0.2) is 42.0 Å². The summed E-state index contributed by atoms with van der Waals surface area (Å²) in [7, 11) is -1.97. The molecule has 7 nitrogen and oxygen atoms in total. The third kappa shape index (κ3) is 3.27. The lowest BCUT2D eigenvalue weighted by Gasteiger charge is -2.14. The van der Waals surface area contributed by atoms with Gasteiger partial charge in [-0.2, -0.15) is 5.10 Å². The molecule has 0 aromatic carbocycles. The van der Waals surface area contributed by atoms with Crippen LogP contribution >= 0.6 is 0 Å². The molecule has 1 aromatic heterocycles. The molecule has 0 radical (unpaired) electrons. The maximum atomic E-state index is 11.7. The summed E-state index contributed by atoms with van der Waals surface area (Å²) in [6.45, 7) is 1.48. The largest absolute Gasteiger partial charge is 0.392 e. The molecule has 0 bridgehead atoms. The van der Waals surface area contributed by atoms with Crippen molar-refractivity contribution in [2.75, 3.05) is 6.54 Å². The van der Waals surface area contributed by atoms with Gasteiger partial charge >= 0.3 is 0 Å². The number of aliphatic hydroxyl groups excluding tert-OH is 1. The van der Waals surface area contributed by atoms with Crippen molar-refractivity contribution in [1.29, 1.82) is 0 Å². The molecule has 0 saturated heterocycles. The highest BCUT2D eigenvalue weighted by Crippen LogP contribution is 2.05. The average molecular weight is 248 g/mol. The van der Waals surface area contributed by atoms with Crippen LogP contribution in [0.25, 0.3) is 0 Å². The summed E-state index contributed by atoms with van der Waals surface area (Å²) >= 11 is 0. The van der Waals surface area contributed by atoms with Gasteiger partial charge in [0.05, 0.1) is 12.3 Å². The minimum absolute atomic E-state index is 0.0190. The summed E-state index contributed by atoms with van der Waals surface area (Å²) < 4.78 is 27.0. The van der Waals surface area contributed by atoms with Gasteiger partial charge in [0.2, 0.25) is 10.0 Å². The lowest BCUT2D eigenvalue weighted by molar-refractivity contribution is 0.164. The number of aromatic nitrogens is 2. The van der Waals surface area contributed by atoms with E-state index in [1.54, 1.807) is 7.05 Å². The maximum Gasteiger partial charge on any atom is 0.243 e. The van der Waals surface area contributed by atoms with Crippen molar-refractivity contribution in [3.8, 4) is 0 Å². The monoisotopic (exact) mass is 248 g/mol. The number of hydrogen-bond donors (Lipinski definition) is 3. The minimum atomic E-state index is -3.59. The smallest absolute Gasteiger partial charge is 0.243 e.